The molecular weight excluding hydrogens is 521 g/mol. The van der Waals surface area contributed by atoms with Gasteiger partial charge in [-0.2, -0.15) is 11.3 Å². The Labute approximate surface area is 228 Å². The van der Waals surface area contributed by atoms with E-state index in [0.29, 0.717) is 48.2 Å². The van der Waals surface area contributed by atoms with Crippen LogP contribution in [0.2, 0.25) is 0 Å². The molecule has 6 rings (SSSR count). The fraction of sp³-hybridized carbons (Fsp3) is 0.241. The number of hydrogen-bond donors (Lipinski definition) is 2. The molecule has 1 amide bonds. The van der Waals surface area contributed by atoms with Gasteiger partial charge in [0.25, 0.3) is 5.91 Å². The number of para-hydroxylation sites is 1. The van der Waals surface area contributed by atoms with Crippen molar-refractivity contribution in [1.82, 2.24) is 4.98 Å². The molecule has 0 spiro atoms. The number of fused-ring (bicyclic) bond motifs is 1. The van der Waals surface area contributed by atoms with Crippen LogP contribution in [0.1, 0.15) is 47.9 Å². The van der Waals surface area contributed by atoms with Crippen LogP contribution in [0.25, 0.3) is 0 Å². The first kappa shape index (κ1) is 25.0. The largest absolute Gasteiger partial charge is 0.506 e. The van der Waals surface area contributed by atoms with Crippen LogP contribution in [0.4, 0.5) is 15.8 Å². The highest BCUT2D eigenvalue weighted by molar-refractivity contribution is 7.07. The second-order valence-corrected chi connectivity index (χ2v) is 11.1. The van der Waals surface area contributed by atoms with Crippen LogP contribution < -0.4 is 15.0 Å². The normalized spacial score (nSPS) is 17.9. The Bertz CT molecular complexity index is 1550. The molecule has 0 radical (unpaired) electrons. The molecule has 0 aliphatic carbocycles. The van der Waals surface area contributed by atoms with E-state index < -0.39 is 17.8 Å². The number of halogens is 1. The fourth-order valence-corrected chi connectivity index (χ4v) is 5.55. The van der Waals surface area contributed by atoms with Crippen LogP contribution in [0.15, 0.2) is 81.8 Å². The molecule has 200 valence electrons. The maximum atomic E-state index is 16.0. The zero-order valence-corrected chi connectivity index (χ0v) is 22.1. The summed E-state index contributed by atoms with van der Waals surface area (Å²) in [5.74, 6) is -0.403. The molecule has 10 heteroatoms. The molecule has 1 unspecified atom stereocenters. The number of rotatable bonds is 5. The molecular formula is C29H26FN3O5S. The van der Waals surface area contributed by atoms with Crippen molar-refractivity contribution in [3.63, 3.8) is 0 Å². The van der Waals surface area contributed by atoms with E-state index in [9.17, 15) is 9.90 Å². The predicted molar refractivity (Wildman–Crippen MR) is 144 cm³/mol. The Kier molecular flexibility index (Phi) is 6.26. The third kappa shape index (κ3) is 4.72. The lowest BCUT2D eigenvalue weighted by Crippen LogP contribution is -2.39. The van der Waals surface area contributed by atoms with E-state index in [-0.39, 0.29) is 22.4 Å². The molecule has 8 nitrogen and oxygen atoms in total. The molecule has 2 aromatic heterocycles. The average Bonchev–Trinajstić information content (AvgIpc) is 3.61. The standard InChI is InChI=1S/C29H26FN3O5S/c1-29(2)11-21-27(38-15-29)26(19-7-6-18(10-20(19)30)37-12-17-8-9-39-14-17)33(28(35)22-13-36-16-31-22)23-4-3-5-24(34)25(23)32-21/h3-10,13-14,16,26,32,34H,11-12,15H2,1-2H3. The smallest absolute Gasteiger partial charge is 0.281 e. The molecule has 2 aliphatic heterocycles. The SMILES string of the molecule is CC1(C)COC2=C(C1)Nc1c(O)cccc1N(C(=O)c1cocn1)C2c1ccc(OCc2ccsc2)cc1F. The van der Waals surface area contributed by atoms with Crippen molar-refractivity contribution in [3.05, 3.63) is 100.0 Å². The Morgan fingerprint density at radius 1 is 1.31 bits per heavy atom. The maximum absolute atomic E-state index is 16.0. The van der Waals surface area contributed by atoms with Gasteiger partial charge in [0.2, 0.25) is 0 Å². The first-order valence-corrected chi connectivity index (χ1v) is 13.3. The lowest BCUT2D eigenvalue weighted by molar-refractivity contribution is 0.0756. The van der Waals surface area contributed by atoms with Gasteiger partial charge in [0.05, 0.1) is 18.0 Å². The number of nitrogens with one attached hydrogen (secondary N) is 1. The second kappa shape index (κ2) is 9.77. The molecule has 39 heavy (non-hydrogen) atoms. The van der Waals surface area contributed by atoms with Crippen molar-refractivity contribution >= 4 is 28.6 Å². The number of nitrogens with zero attached hydrogens (tertiary/aromatic N) is 2. The molecule has 2 aliphatic rings. The Hall–Kier alpha value is -4.31. The molecule has 0 fully saturated rings. The number of phenolic OH excluding ortho intramolecular Hbond substituents is 1. The highest BCUT2D eigenvalue weighted by Gasteiger charge is 2.43. The molecule has 0 saturated heterocycles. The van der Waals surface area contributed by atoms with Gasteiger partial charge in [0, 0.05) is 17.0 Å². The number of anilines is 2. The molecule has 0 saturated carbocycles. The van der Waals surface area contributed by atoms with Gasteiger partial charge in [0.15, 0.2) is 12.1 Å². The van der Waals surface area contributed by atoms with Gasteiger partial charge in [-0.3, -0.25) is 9.69 Å². The topological polar surface area (TPSA) is 97.1 Å². The van der Waals surface area contributed by atoms with Crippen molar-refractivity contribution in [2.24, 2.45) is 5.41 Å². The Morgan fingerprint density at radius 2 is 2.18 bits per heavy atom. The van der Waals surface area contributed by atoms with Crippen LogP contribution in [0.3, 0.4) is 0 Å². The van der Waals surface area contributed by atoms with Crippen molar-refractivity contribution in [2.75, 3.05) is 16.8 Å². The number of aromatic nitrogens is 1. The highest BCUT2D eigenvalue weighted by atomic mass is 32.1. The van der Waals surface area contributed by atoms with Crippen LogP contribution in [-0.4, -0.2) is 22.6 Å². The molecule has 4 aromatic rings. The lowest BCUT2D eigenvalue weighted by atomic mass is 9.85. The van der Waals surface area contributed by atoms with Crippen molar-refractivity contribution in [2.45, 2.75) is 32.9 Å². The van der Waals surface area contributed by atoms with E-state index in [1.807, 2.05) is 16.8 Å². The Morgan fingerprint density at radius 3 is 2.92 bits per heavy atom. The average molecular weight is 548 g/mol. The number of thiophene rings is 1. The number of amides is 1. The van der Waals surface area contributed by atoms with E-state index >= 15 is 4.39 Å². The van der Waals surface area contributed by atoms with Crippen LogP contribution in [0, 0.1) is 11.2 Å². The van der Waals surface area contributed by atoms with E-state index in [1.165, 1.54) is 23.3 Å². The first-order valence-electron chi connectivity index (χ1n) is 12.4. The quantitative estimate of drug-likeness (QED) is 0.271. The number of hydrogen-bond acceptors (Lipinski definition) is 8. The summed E-state index contributed by atoms with van der Waals surface area (Å²) in [6.07, 6.45) is 2.95. The van der Waals surface area contributed by atoms with Gasteiger partial charge in [-0.15, -0.1) is 0 Å². The minimum atomic E-state index is -0.998. The third-order valence-electron chi connectivity index (χ3n) is 6.76. The van der Waals surface area contributed by atoms with Gasteiger partial charge < -0.3 is 24.3 Å². The van der Waals surface area contributed by atoms with Gasteiger partial charge in [-0.1, -0.05) is 19.9 Å². The van der Waals surface area contributed by atoms with Crippen molar-refractivity contribution < 1.29 is 28.2 Å². The maximum Gasteiger partial charge on any atom is 0.281 e. The molecule has 2 N–H and O–H groups in total. The van der Waals surface area contributed by atoms with E-state index in [1.54, 1.807) is 35.6 Å². The Balaban J connectivity index is 1.50. The molecule has 4 heterocycles. The summed E-state index contributed by atoms with van der Waals surface area (Å²) < 4.78 is 33.2. The van der Waals surface area contributed by atoms with E-state index in [2.05, 4.69) is 24.1 Å². The number of carbonyl (C=O) groups is 1. The number of allylic oxidation sites excluding steroid dienone is 1. The summed E-state index contributed by atoms with van der Waals surface area (Å²) >= 11 is 1.56. The number of ether oxygens (including phenoxy) is 2. The summed E-state index contributed by atoms with van der Waals surface area (Å²) in [6, 6.07) is 10.4. The van der Waals surface area contributed by atoms with Crippen LogP contribution in [-0.2, 0) is 11.3 Å². The van der Waals surface area contributed by atoms with Gasteiger partial charge in [0.1, 0.15) is 47.7 Å². The van der Waals surface area contributed by atoms with Gasteiger partial charge in [-0.05, 0) is 53.1 Å². The summed E-state index contributed by atoms with van der Waals surface area (Å²) in [5.41, 5.74) is 2.33. The zero-order chi connectivity index (χ0) is 27.1. The van der Waals surface area contributed by atoms with E-state index in [4.69, 9.17) is 13.9 Å². The number of aromatic hydroxyl groups is 1. The van der Waals surface area contributed by atoms with E-state index in [0.717, 1.165) is 12.0 Å². The monoisotopic (exact) mass is 547 g/mol. The van der Waals surface area contributed by atoms with Gasteiger partial charge in [-0.25, -0.2) is 9.37 Å². The molecule has 1 atom stereocenters. The third-order valence-corrected chi connectivity index (χ3v) is 7.49. The zero-order valence-electron chi connectivity index (χ0n) is 21.3. The van der Waals surface area contributed by atoms with Gasteiger partial charge >= 0.3 is 0 Å². The summed E-state index contributed by atoms with van der Waals surface area (Å²) in [5, 5.41) is 18.1. The first-order chi connectivity index (χ1) is 18.8. The second-order valence-electron chi connectivity index (χ2n) is 10.3. The minimum absolute atomic E-state index is 0.0330. The highest BCUT2D eigenvalue weighted by Crippen LogP contribution is 2.50. The number of phenols is 1. The summed E-state index contributed by atoms with van der Waals surface area (Å²) in [6.45, 7) is 4.79. The van der Waals surface area contributed by atoms with Crippen molar-refractivity contribution in [1.29, 1.82) is 0 Å². The minimum Gasteiger partial charge on any atom is -0.506 e. The van der Waals surface area contributed by atoms with Crippen molar-refractivity contribution in [3.8, 4) is 11.5 Å². The predicted octanol–water partition coefficient (Wildman–Crippen LogP) is 6.63. The molecule has 0 bridgehead atoms. The number of carbonyl (C=O) groups excluding carboxylic acids is 1. The lowest BCUT2D eigenvalue weighted by Gasteiger charge is -2.37. The summed E-state index contributed by atoms with van der Waals surface area (Å²) in [4.78, 5) is 19.4. The van der Waals surface area contributed by atoms with Crippen LogP contribution in [0.5, 0.6) is 11.5 Å². The summed E-state index contributed by atoms with van der Waals surface area (Å²) in [7, 11) is 0. The van der Waals surface area contributed by atoms with Crippen LogP contribution >= 0.6 is 11.3 Å². The number of benzene rings is 2. The fourth-order valence-electron chi connectivity index (χ4n) is 4.90. The molecule has 2 aromatic carbocycles. The number of oxazole rings is 1.